The SMILES string of the molecule is Cc1cccc(OCCCN(C)C2CCCC2CN)c1. The fraction of sp³-hybridized carbons (Fsp3) is 0.647. The molecular weight excluding hydrogens is 248 g/mol. The molecular formula is C17H28N2O. The second-order valence-corrected chi connectivity index (χ2v) is 5.99. The molecule has 2 N–H and O–H groups in total. The number of aryl methyl sites for hydroxylation is 1. The lowest BCUT2D eigenvalue weighted by Gasteiger charge is -2.29. The molecule has 0 spiro atoms. The van der Waals surface area contributed by atoms with Gasteiger partial charge >= 0.3 is 0 Å². The molecule has 0 heterocycles. The van der Waals surface area contributed by atoms with E-state index in [2.05, 4.69) is 31.0 Å². The third-order valence-electron chi connectivity index (χ3n) is 4.40. The Morgan fingerprint density at radius 3 is 2.95 bits per heavy atom. The Hall–Kier alpha value is -1.06. The molecule has 1 aromatic rings. The van der Waals surface area contributed by atoms with E-state index in [9.17, 15) is 0 Å². The summed E-state index contributed by atoms with van der Waals surface area (Å²) in [7, 11) is 2.23. The standard InChI is InChI=1S/C17H28N2O/c1-14-6-3-8-16(12-14)20-11-5-10-19(2)17-9-4-7-15(17)13-18/h3,6,8,12,15,17H,4-5,7,9-11,13,18H2,1-2H3. The van der Waals surface area contributed by atoms with Crippen molar-refractivity contribution in [3.63, 3.8) is 0 Å². The van der Waals surface area contributed by atoms with E-state index in [1.807, 2.05) is 12.1 Å². The van der Waals surface area contributed by atoms with Gasteiger partial charge in [-0.15, -0.1) is 0 Å². The molecule has 3 nitrogen and oxygen atoms in total. The lowest BCUT2D eigenvalue weighted by Crippen LogP contribution is -2.38. The predicted octanol–water partition coefficient (Wildman–Crippen LogP) is 2.82. The highest BCUT2D eigenvalue weighted by Crippen LogP contribution is 2.28. The van der Waals surface area contributed by atoms with Crippen LogP contribution < -0.4 is 10.5 Å². The second kappa shape index (κ2) is 7.65. The molecule has 0 amide bonds. The zero-order valence-corrected chi connectivity index (χ0v) is 12.8. The summed E-state index contributed by atoms with van der Waals surface area (Å²) >= 11 is 0. The van der Waals surface area contributed by atoms with Crippen LogP contribution in [0.5, 0.6) is 5.75 Å². The maximum atomic E-state index is 5.86. The Labute approximate surface area is 123 Å². The van der Waals surface area contributed by atoms with Gasteiger partial charge in [0.05, 0.1) is 6.61 Å². The number of ether oxygens (including phenoxy) is 1. The molecule has 0 saturated heterocycles. The number of nitrogens with two attached hydrogens (primary N) is 1. The van der Waals surface area contributed by atoms with E-state index in [0.29, 0.717) is 12.0 Å². The van der Waals surface area contributed by atoms with Crippen molar-refractivity contribution in [2.75, 3.05) is 26.7 Å². The van der Waals surface area contributed by atoms with E-state index in [0.717, 1.165) is 31.9 Å². The molecule has 112 valence electrons. The molecule has 1 fully saturated rings. The summed E-state index contributed by atoms with van der Waals surface area (Å²) in [4.78, 5) is 2.48. The van der Waals surface area contributed by atoms with Crippen LogP contribution >= 0.6 is 0 Å². The number of hydrogen-bond acceptors (Lipinski definition) is 3. The van der Waals surface area contributed by atoms with Crippen LogP contribution in [0.1, 0.15) is 31.2 Å². The first-order valence-electron chi connectivity index (χ1n) is 7.80. The summed E-state index contributed by atoms with van der Waals surface area (Å²) in [5.74, 6) is 1.67. The van der Waals surface area contributed by atoms with E-state index in [1.165, 1.54) is 24.8 Å². The average Bonchev–Trinajstić information content (AvgIpc) is 2.92. The normalized spacial score (nSPS) is 22.4. The first-order valence-corrected chi connectivity index (χ1v) is 7.80. The van der Waals surface area contributed by atoms with Gasteiger partial charge < -0.3 is 15.4 Å². The molecule has 3 heteroatoms. The highest BCUT2D eigenvalue weighted by molar-refractivity contribution is 5.27. The summed E-state index contributed by atoms with van der Waals surface area (Å²) in [5.41, 5.74) is 7.10. The molecule has 0 aromatic heterocycles. The van der Waals surface area contributed by atoms with Gasteiger partial charge in [0.25, 0.3) is 0 Å². The first-order chi connectivity index (χ1) is 9.70. The van der Waals surface area contributed by atoms with Crippen LogP contribution in [0.15, 0.2) is 24.3 Å². The van der Waals surface area contributed by atoms with E-state index in [-0.39, 0.29) is 0 Å². The summed E-state index contributed by atoms with van der Waals surface area (Å²) in [6.45, 7) is 4.79. The molecule has 1 aliphatic carbocycles. The fourth-order valence-corrected chi connectivity index (χ4v) is 3.25. The van der Waals surface area contributed by atoms with Gasteiger partial charge in [-0.25, -0.2) is 0 Å². The highest BCUT2D eigenvalue weighted by atomic mass is 16.5. The van der Waals surface area contributed by atoms with Crippen LogP contribution in [0.2, 0.25) is 0 Å². The Balaban J connectivity index is 1.68. The minimum Gasteiger partial charge on any atom is -0.494 e. The summed E-state index contributed by atoms with van der Waals surface area (Å²) < 4.78 is 5.80. The molecule has 0 aliphatic heterocycles. The number of hydrogen-bond donors (Lipinski definition) is 1. The Morgan fingerprint density at radius 2 is 2.20 bits per heavy atom. The van der Waals surface area contributed by atoms with Crippen LogP contribution in [0, 0.1) is 12.8 Å². The molecule has 2 atom stereocenters. The number of benzene rings is 1. The van der Waals surface area contributed by atoms with E-state index >= 15 is 0 Å². The van der Waals surface area contributed by atoms with Crippen LogP contribution in [0.3, 0.4) is 0 Å². The maximum absolute atomic E-state index is 5.86. The zero-order valence-electron chi connectivity index (χ0n) is 12.8. The molecule has 1 aliphatic rings. The third kappa shape index (κ3) is 4.22. The first kappa shape index (κ1) is 15.3. The Bertz CT molecular complexity index is 408. The van der Waals surface area contributed by atoms with Gasteiger partial charge in [0.1, 0.15) is 5.75 Å². The average molecular weight is 276 g/mol. The Kier molecular flexibility index (Phi) is 5.86. The van der Waals surface area contributed by atoms with E-state index in [1.54, 1.807) is 0 Å². The topological polar surface area (TPSA) is 38.5 Å². The minimum atomic E-state index is 0.680. The number of rotatable bonds is 7. The van der Waals surface area contributed by atoms with Gasteiger partial charge in [-0.1, -0.05) is 18.6 Å². The van der Waals surface area contributed by atoms with Crippen molar-refractivity contribution in [3.05, 3.63) is 29.8 Å². The van der Waals surface area contributed by atoms with Crippen LogP contribution in [0.25, 0.3) is 0 Å². The van der Waals surface area contributed by atoms with Crippen molar-refractivity contribution in [2.45, 2.75) is 38.6 Å². The van der Waals surface area contributed by atoms with Crippen molar-refractivity contribution in [3.8, 4) is 5.75 Å². The third-order valence-corrected chi connectivity index (χ3v) is 4.40. The van der Waals surface area contributed by atoms with E-state index in [4.69, 9.17) is 10.5 Å². The molecule has 20 heavy (non-hydrogen) atoms. The molecule has 1 aromatic carbocycles. The van der Waals surface area contributed by atoms with Gasteiger partial charge in [-0.2, -0.15) is 0 Å². The van der Waals surface area contributed by atoms with Crippen molar-refractivity contribution in [2.24, 2.45) is 11.7 Å². The quantitative estimate of drug-likeness (QED) is 0.778. The lowest BCUT2D eigenvalue weighted by atomic mass is 10.0. The molecule has 0 radical (unpaired) electrons. The van der Waals surface area contributed by atoms with E-state index < -0.39 is 0 Å². The van der Waals surface area contributed by atoms with Gasteiger partial charge in [-0.3, -0.25) is 0 Å². The lowest BCUT2D eigenvalue weighted by molar-refractivity contribution is 0.183. The van der Waals surface area contributed by atoms with Crippen molar-refractivity contribution in [1.29, 1.82) is 0 Å². The van der Waals surface area contributed by atoms with Gasteiger partial charge in [0.15, 0.2) is 0 Å². The van der Waals surface area contributed by atoms with Crippen molar-refractivity contribution in [1.82, 2.24) is 4.90 Å². The monoisotopic (exact) mass is 276 g/mol. The fourth-order valence-electron chi connectivity index (χ4n) is 3.25. The summed E-state index contributed by atoms with van der Waals surface area (Å²) in [6, 6.07) is 8.93. The smallest absolute Gasteiger partial charge is 0.119 e. The highest BCUT2D eigenvalue weighted by Gasteiger charge is 2.28. The predicted molar refractivity (Wildman–Crippen MR) is 84.1 cm³/mol. The summed E-state index contributed by atoms with van der Waals surface area (Å²) in [5, 5.41) is 0. The van der Waals surface area contributed by atoms with Crippen molar-refractivity contribution < 1.29 is 4.74 Å². The summed E-state index contributed by atoms with van der Waals surface area (Å²) in [6.07, 6.45) is 5.00. The van der Waals surface area contributed by atoms with Crippen molar-refractivity contribution >= 4 is 0 Å². The minimum absolute atomic E-state index is 0.680. The zero-order chi connectivity index (χ0) is 14.4. The largest absolute Gasteiger partial charge is 0.494 e. The van der Waals surface area contributed by atoms with Gasteiger partial charge in [0.2, 0.25) is 0 Å². The molecule has 2 unspecified atom stereocenters. The number of nitrogens with zero attached hydrogens (tertiary/aromatic N) is 1. The molecule has 0 bridgehead atoms. The molecule has 2 rings (SSSR count). The van der Waals surface area contributed by atoms with Crippen LogP contribution in [-0.2, 0) is 0 Å². The van der Waals surface area contributed by atoms with Gasteiger partial charge in [0, 0.05) is 12.6 Å². The maximum Gasteiger partial charge on any atom is 0.119 e. The van der Waals surface area contributed by atoms with Crippen LogP contribution in [0.4, 0.5) is 0 Å². The van der Waals surface area contributed by atoms with Crippen LogP contribution in [-0.4, -0.2) is 37.7 Å². The van der Waals surface area contributed by atoms with Gasteiger partial charge in [-0.05, 0) is 63.4 Å². The second-order valence-electron chi connectivity index (χ2n) is 5.99. The Morgan fingerprint density at radius 1 is 1.35 bits per heavy atom. The molecule has 1 saturated carbocycles.